The zero-order valence-corrected chi connectivity index (χ0v) is 34.9. The highest BCUT2D eigenvalue weighted by atomic mass is 16.3. The Labute approximate surface area is 370 Å². The number of hydrogen-bond donors (Lipinski definition) is 0. The van der Waals surface area contributed by atoms with E-state index in [9.17, 15) is 0 Å². The zero-order valence-electron chi connectivity index (χ0n) is 34.9. The maximum Gasteiger partial charge on any atom is 0.161 e. The van der Waals surface area contributed by atoms with Crippen molar-refractivity contribution >= 4 is 95.6 Å². The van der Waals surface area contributed by atoms with Crippen LogP contribution >= 0.6 is 0 Å². The lowest BCUT2D eigenvalue weighted by atomic mass is 9.90. The molecule has 1 aliphatic carbocycles. The monoisotopic (exact) mass is 820 g/mol. The van der Waals surface area contributed by atoms with Gasteiger partial charge in [-0.25, -0.2) is 9.98 Å². The summed E-state index contributed by atoms with van der Waals surface area (Å²) in [5.74, 6) is 1.92. The van der Waals surface area contributed by atoms with E-state index in [0.717, 1.165) is 83.7 Å². The van der Waals surface area contributed by atoms with Gasteiger partial charge >= 0.3 is 0 Å². The molecule has 0 amide bonds. The minimum Gasteiger partial charge on any atom is -0.456 e. The summed E-state index contributed by atoms with van der Waals surface area (Å²) in [5, 5.41) is 10.3. The number of allylic oxidation sites excluding steroid dienone is 2. The van der Waals surface area contributed by atoms with Crippen molar-refractivity contribution in [3.63, 3.8) is 0 Å². The quantitative estimate of drug-likeness (QED) is 0.0936. The smallest absolute Gasteiger partial charge is 0.161 e. The molecule has 0 bridgehead atoms. The number of nitrogens with zero attached hydrogens (tertiary/aromatic N) is 4. The van der Waals surface area contributed by atoms with Gasteiger partial charge in [-0.15, -0.1) is 0 Å². The number of aromatic nitrogens is 1. The minimum absolute atomic E-state index is 0.355. The molecule has 2 heterocycles. The number of amidine groups is 2. The fraction of sp³-hybridized carbons (Fsp3) is 0.0339. The average molecular weight is 821 g/mol. The van der Waals surface area contributed by atoms with E-state index in [1.165, 1.54) is 32.7 Å². The van der Waals surface area contributed by atoms with Gasteiger partial charge in [0.1, 0.15) is 11.3 Å². The summed E-state index contributed by atoms with van der Waals surface area (Å²) in [6.07, 6.45) is 9.41. The Hall–Kier alpha value is -8.41. The first-order chi connectivity index (χ1) is 31.7. The van der Waals surface area contributed by atoms with Crippen LogP contribution in [0.15, 0.2) is 214 Å². The van der Waals surface area contributed by atoms with Gasteiger partial charge in [0.25, 0.3) is 0 Å². The van der Waals surface area contributed by atoms with Crippen molar-refractivity contribution in [3.8, 4) is 16.8 Å². The second kappa shape index (κ2) is 15.5. The number of aliphatic imine (C=N–C) groups is 3. The first-order valence-electron chi connectivity index (χ1n) is 21.7. The van der Waals surface area contributed by atoms with Crippen LogP contribution in [0.2, 0.25) is 0 Å². The Morgan fingerprint density at radius 3 is 2.00 bits per heavy atom. The van der Waals surface area contributed by atoms with Gasteiger partial charge in [-0.2, -0.15) is 0 Å². The lowest BCUT2D eigenvalue weighted by Gasteiger charge is -2.18. The van der Waals surface area contributed by atoms with E-state index in [2.05, 4.69) is 180 Å². The molecule has 0 N–H and O–H groups in total. The fourth-order valence-corrected chi connectivity index (χ4v) is 9.73. The number of para-hydroxylation sites is 1. The molecule has 0 aliphatic heterocycles. The summed E-state index contributed by atoms with van der Waals surface area (Å²) >= 11 is 0. The zero-order chi connectivity index (χ0) is 42.6. The number of furan rings is 1. The predicted molar refractivity (Wildman–Crippen MR) is 270 cm³/mol. The summed E-state index contributed by atoms with van der Waals surface area (Å²) in [6.45, 7) is 4.39. The largest absolute Gasteiger partial charge is 0.456 e. The molecule has 0 radical (unpaired) electrons. The highest BCUT2D eigenvalue weighted by Crippen LogP contribution is 2.42. The molecule has 0 atom stereocenters. The molecule has 64 heavy (non-hydrogen) atoms. The number of benzene rings is 9. The van der Waals surface area contributed by atoms with Crippen LogP contribution in [0.25, 0.3) is 94.1 Å². The Morgan fingerprint density at radius 2 is 1.20 bits per heavy atom. The normalized spacial score (nSPS) is 13.1. The highest BCUT2D eigenvalue weighted by molar-refractivity contribution is 6.31. The predicted octanol–water partition coefficient (Wildman–Crippen LogP) is 15.2. The van der Waals surface area contributed by atoms with E-state index >= 15 is 0 Å². The molecule has 12 rings (SSSR count). The van der Waals surface area contributed by atoms with Crippen LogP contribution in [0.3, 0.4) is 0 Å². The second-order valence-electron chi connectivity index (χ2n) is 16.3. The molecule has 5 heteroatoms. The van der Waals surface area contributed by atoms with Crippen LogP contribution in [-0.4, -0.2) is 23.0 Å². The third kappa shape index (κ3) is 6.20. The third-order valence-corrected chi connectivity index (χ3v) is 12.6. The molecule has 0 saturated carbocycles. The van der Waals surface area contributed by atoms with Crippen LogP contribution in [0, 0.1) is 0 Å². The second-order valence-corrected chi connectivity index (χ2v) is 16.3. The first kappa shape index (κ1) is 37.4. The summed E-state index contributed by atoms with van der Waals surface area (Å²) in [4.78, 5) is 15.5. The highest BCUT2D eigenvalue weighted by Gasteiger charge is 2.22. The third-order valence-electron chi connectivity index (χ3n) is 12.6. The van der Waals surface area contributed by atoms with Gasteiger partial charge in [0.2, 0.25) is 0 Å². The molecule has 1 aliphatic rings. The van der Waals surface area contributed by atoms with E-state index in [0.29, 0.717) is 18.2 Å². The van der Waals surface area contributed by atoms with Crippen LogP contribution < -0.4 is 0 Å². The molecule has 0 unspecified atom stereocenters. The lowest BCUT2D eigenvalue weighted by molar-refractivity contribution is 0.603. The van der Waals surface area contributed by atoms with Crippen LogP contribution in [0.5, 0.6) is 0 Å². The van der Waals surface area contributed by atoms with Crippen molar-refractivity contribution in [3.05, 3.63) is 222 Å². The Kier molecular flexibility index (Phi) is 9.04. The van der Waals surface area contributed by atoms with E-state index in [4.69, 9.17) is 14.4 Å². The molecule has 9 aromatic carbocycles. The summed E-state index contributed by atoms with van der Waals surface area (Å²) < 4.78 is 8.81. The molecule has 0 saturated heterocycles. The minimum atomic E-state index is 0.355. The van der Waals surface area contributed by atoms with Crippen molar-refractivity contribution in [2.24, 2.45) is 15.0 Å². The van der Waals surface area contributed by atoms with Crippen LogP contribution in [0.4, 0.5) is 0 Å². The van der Waals surface area contributed by atoms with Crippen molar-refractivity contribution in [2.45, 2.75) is 13.0 Å². The van der Waals surface area contributed by atoms with Gasteiger partial charge in [0.15, 0.2) is 11.7 Å². The van der Waals surface area contributed by atoms with Crippen molar-refractivity contribution in [1.29, 1.82) is 0 Å². The number of rotatable bonds is 6. The van der Waals surface area contributed by atoms with Gasteiger partial charge in [-0.1, -0.05) is 164 Å². The SMILES string of the molecule is C=NC(=NC(=NCc1cccc2oc3c(c12)C=CCC=C3)c1cc(-n2c3ccccc3c3cc(-c4ccccc4)ccc32)cc2c3ccccc3c3ccccc3c12)c1ccccc1. The Balaban J connectivity index is 1.18. The molecular weight excluding hydrogens is 781 g/mol. The summed E-state index contributed by atoms with van der Waals surface area (Å²) in [6, 6.07) is 64.5. The topological polar surface area (TPSA) is 55.1 Å². The molecule has 11 aromatic rings. The van der Waals surface area contributed by atoms with Gasteiger partial charge in [-0.3, -0.25) is 4.99 Å². The van der Waals surface area contributed by atoms with Crippen LogP contribution in [-0.2, 0) is 6.54 Å². The van der Waals surface area contributed by atoms with E-state index < -0.39 is 0 Å². The summed E-state index contributed by atoms with van der Waals surface area (Å²) in [5.41, 5.74) is 10.3. The van der Waals surface area contributed by atoms with Crippen LogP contribution in [0.1, 0.15) is 34.4 Å². The molecule has 302 valence electrons. The Morgan fingerprint density at radius 1 is 0.531 bits per heavy atom. The lowest BCUT2D eigenvalue weighted by Crippen LogP contribution is -2.08. The molecule has 5 nitrogen and oxygen atoms in total. The Bertz CT molecular complexity index is 3790. The van der Waals surface area contributed by atoms with Gasteiger partial charge in [-0.05, 0) is 99.2 Å². The van der Waals surface area contributed by atoms with E-state index in [1.54, 1.807) is 0 Å². The van der Waals surface area contributed by atoms with Crippen molar-refractivity contribution in [1.82, 2.24) is 4.57 Å². The first-order valence-corrected chi connectivity index (χ1v) is 21.7. The maximum absolute atomic E-state index is 6.41. The number of hydrogen-bond acceptors (Lipinski definition) is 2. The number of fused-ring (bicyclic) bond motifs is 12. The van der Waals surface area contributed by atoms with Gasteiger partial charge in [0.05, 0.1) is 17.6 Å². The molecule has 2 aromatic heterocycles. The van der Waals surface area contributed by atoms with Gasteiger partial charge < -0.3 is 8.98 Å². The standard InChI is InChI=1S/C59H40N4O/c1-60-58(39-20-7-3-8-21-39)62-59(61-37-41-22-17-31-55-56(41)48-28-9-4-10-30-54(48)64-55)51-36-42(35-50-45-25-12-11-23-43(45)44-24-13-14-27-47(44)57(50)51)63-52-29-16-15-26-46(52)49-34-40(32-33-53(49)63)38-18-5-2-6-19-38/h2-3,5-36H,1,4,37H2. The fourth-order valence-electron chi connectivity index (χ4n) is 9.73. The molecule has 0 spiro atoms. The van der Waals surface area contributed by atoms with Gasteiger partial charge in [0, 0.05) is 43.9 Å². The van der Waals surface area contributed by atoms with Crippen molar-refractivity contribution < 1.29 is 4.42 Å². The molecule has 0 fully saturated rings. The maximum atomic E-state index is 6.41. The molecular formula is C59H40N4O. The average Bonchev–Trinajstić information content (AvgIpc) is 3.79. The van der Waals surface area contributed by atoms with E-state index in [1.807, 2.05) is 42.5 Å². The van der Waals surface area contributed by atoms with Crippen molar-refractivity contribution in [2.75, 3.05) is 0 Å². The van der Waals surface area contributed by atoms with E-state index in [-0.39, 0.29) is 0 Å². The summed E-state index contributed by atoms with van der Waals surface area (Å²) in [7, 11) is 0.